The first-order valence-corrected chi connectivity index (χ1v) is 9.22. The molecule has 1 saturated heterocycles. The van der Waals surface area contributed by atoms with Crippen LogP contribution >= 0.6 is 24.8 Å². The van der Waals surface area contributed by atoms with E-state index in [1.807, 2.05) is 54.6 Å². The molecule has 6 heteroatoms. The van der Waals surface area contributed by atoms with Crippen LogP contribution in [0.5, 0.6) is 5.75 Å². The van der Waals surface area contributed by atoms with Crippen LogP contribution in [0.2, 0.25) is 0 Å². The number of benzene rings is 2. The fourth-order valence-electron chi connectivity index (χ4n) is 3.72. The SMILES string of the molecule is COc1ccc(-c2cc(C(O)C3CCCCN3)c3ccccc3n2)cc1.Cl.Cl. The van der Waals surface area contributed by atoms with Crippen molar-refractivity contribution in [2.45, 2.75) is 31.4 Å². The molecular formula is C22H26Cl2N2O2. The quantitative estimate of drug-likeness (QED) is 0.627. The molecule has 1 aliphatic rings. The highest BCUT2D eigenvalue weighted by atomic mass is 35.5. The van der Waals surface area contributed by atoms with E-state index in [4.69, 9.17) is 9.72 Å². The third-order valence-corrected chi connectivity index (χ3v) is 5.18. The summed E-state index contributed by atoms with van der Waals surface area (Å²) in [7, 11) is 1.66. The number of aliphatic hydroxyl groups excluding tert-OH is 1. The first-order chi connectivity index (χ1) is 12.8. The lowest BCUT2D eigenvalue weighted by Gasteiger charge is -2.29. The average Bonchev–Trinajstić information content (AvgIpc) is 2.73. The van der Waals surface area contributed by atoms with Crippen LogP contribution in [0.25, 0.3) is 22.2 Å². The van der Waals surface area contributed by atoms with Crippen molar-refractivity contribution in [2.24, 2.45) is 0 Å². The van der Waals surface area contributed by atoms with Gasteiger partial charge in [-0.15, -0.1) is 24.8 Å². The summed E-state index contributed by atoms with van der Waals surface area (Å²) < 4.78 is 5.25. The van der Waals surface area contributed by atoms with Crippen LogP contribution in [-0.4, -0.2) is 29.8 Å². The second kappa shape index (κ2) is 10.1. The molecule has 4 nitrogen and oxygen atoms in total. The number of aliphatic hydroxyl groups is 1. The van der Waals surface area contributed by atoms with Crippen molar-refractivity contribution in [3.05, 3.63) is 60.2 Å². The van der Waals surface area contributed by atoms with E-state index in [9.17, 15) is 5.11 Å². The van der Waals surface area contributed by atoms with Crippen LogP contribution in [0.1, 0.15) is 30.9 Å². The Bertz CT molecular complexity index is 897. The normalized spacial score (nSPS) is 17.3. The van der Waals surface area contributed by atoms with E-state index in [2.05, 4.69) is 5.32 Å². The van der Waals surface area contributed by atoms with Crippen molar-refractivity contribution < 1.29 is 9.84 Å². The van der Waals surface area contributed by atoms with Crippen molar-refractivity contribution in [3.63, 3.8) is 0 Å². The molecule has 0 radical (unpaired) electrons. The molecule has 3 aromatic rings. The molecule has 2 aromatic carbocycles. The fourth-order valence-corrected chi connectivity index (χ4v) is 3.72. The molecule has 2 N–H and O–H groups in total. The van der Waals surface area contributed by atoms with E-state index in [1.54, 1.807) is 7.11 Å². The van der Waals surface area contributed by atoms with E-state index < -0.39 is 6.10 Å². The van der Waals surface area contributed by atoms with Gasteiger partial charge >= 0.3 is 0 Å². The zero-order valence-corrected chi connectivity index (χ0v) is 17.4. The molecule has 28 heavy (non-hydrogen) atoms. The van der Waals surface area contributed by atoms with Crippen LogP contribution < -0.4 is 10.1 Å². The van der Waals surface area contributed by atoms with Gasteiger partial charge in [0.2, 0.25) is 0 Å². The molecule has 0 bridgehead atoms. The predicted octanol–water partition coefficient (Wildman–Crippen LogP) is 4.93. The minimum Gasteiger partial charge on any atom is -0.497 e. The lowest BCUT2D eigenvalue weighted by molar-refractivity contribution is 0.115. The van der Waals surface area contributed by atoms with E-state index >= 15 is 0 Å². The zero-order chi connectivity index (χ0) is 17.9. The monoisotopic (exact) mass is 420 g/mol. The Morgan fingerprint density at radius 3 is 2.50 bits per heavy atom. The highest BCUT2D eigenvalue weighted by Crippen LogP contribution is 2.32. The van der Waals surface area contributed by atoms with Gasteiger partial charge in [0.15, 0.2) is 0 Å². The Hall–Kier alpha value is -1.85. The van der Waals surface area contributed by atoms with Gasteiger partial charge in [-0.2, -0.15) is 0 Å². The van der Waals surface area contributed by atoms with Crippen LogP contribution in [0.3, 0.4) is 0 Å². The Labute approximate surface area is 178 Å². The highest BCUT2D eigenvalue weighted by molar-refractivity contribution is 5.86. The number of nitrogens with one attached hydrogen (secondary N) is 1. The van der Waals surface area contributed by atoms with Crippen molar-refractivity contribution in [2.75, 3.05) is 13.7 Å². The van der Waals surface area contributed by atoms with Crippen LogP contribution in [0.15, 0.2) is 54.6 Å². The topological polar surface area (TPSA) is 54.4 Å². The molecule has 0 amide bonds. The van der Waals surface area contributed by atoms with Gasteiger partial charge in [-0.05, 0) is 61.3 Å². The van der Waals surface area contributed by atoms with Gasteiger partial charge in [0.05, 0.1) is 24.4 Å². The summed E-state index contributed by atoms with van der Waals surface area (Å²) in [6.07, 6.45) is 2.79. The number of hydrogen-bond donors (Lipinski definition) is 2. The van der Waals surface area contributed by atoms with Crippen LogP contribution in [0.4, 0.5) is 0 Å². The maximum absolute atomic E-state index is 11.1. The minimum absolute atomic E-state index is 0. The predicted molar refractivity (Wildman–Crippen MR) is 119 cm³/mol. The van der Waals surface area contributed by atoms with Gasteiger partial charge in [0, 0.05) is 17.0 Å². The molecule has 1 aliphatic heterocycles. The number of para-hydroxylation sites is 1. The Morgan fingerprint density at radius 1 is 1.07 bits per heavy atom. The maximum atomic E-state index is 11.1. The number of hydrogen-bond acceptors (Lipinski definition) is 4. The van der Waals surface area contributed by atoms with Gasteiger partial charge in [-0.3, -0.25) is 0 Å². The molecule has 150 valence electrons. The number of rotatable bonds is 4. The molecular weight excluding hydrogens is 395 g/mol. The third kappa shape index (κ3) is 4.58. The summed E-state index contributed by atoms with van der Waals surface area (Å²) in [4.78, 5) is 4.82. The maximum Gasteiger partial charge on any atom is 0.118 e. The molecule has 4 rings (SSSR count). The molecule has 2 unspecified atom stereocenters. The summed E-state index contributed by atoms with van der Waals surface area (Å²) in [5, 5.41) is 15.6. The van der Waals surface area contributed by atoms with Gasteiger partial charge < -0.3 is 15.2 Å². The molecule has 1 aromatic heterocycles. The number of fused-ring (bicyclic) bond motifs is 1. The summed E-state index contributed by atoms with van der Waals surface area (Å²) in [6, 6.07) is 18.0. The second-order valence-corrected chi connectivity index (χ2v) is 6.84. The fraction of sp³-hybridized carbons (Fsp3) is 0.318. The number of methoxy groups -OCH3 is 1. The van der Waals surface area contributed by atoms with Crippen molar-refractivity contribution in [1.82, 2.24) is 10.3 Å². The Balaban J connectivity index is 0.00000140. The average molecular weight is 421 g/mol. The minimum atomic E-state index is -0.541. The molecule has 2 heterocycles. The summed E-state index contributed by atoms with van der Waals surface area (Å²) in [5.74, 6) is 0.821. The van der Waals surface area contributed by atoms with E-state index in [0.717, 1.165) is 52.9 Å². The number of nitrogens with zero attached hydrogens (tertiary/aromatic N) is 1. The van der Waals surface area contributed by atoms with Gasteiger partial charge in [-0.25, -0.2) is 4.98 Å². The molecule has 0 spiro atoms. The van der Waals surface area contributed by atoms with Crippen molar-refractivity contribution >= 4 is 35.7 Å². The van der Waals surface area contributed by atoms with Crippen molar-refractivity contribution in [3.8, 4) is 17.0 Å². The molecule has 2 atom stereocenters. The van der Waals surface area contributed by atoms with Crippen LogP contribution in [-0.2, 0) is 0 Å². The Kier molecular flexibility index (Phi) is 8.08. The Morgan fingerprint density at radius 2 is 1.82 bits per heavy atom. The first-order valence-electron chi connectivity index (χ1n) is 9.22. The number of piperidine rings is 1. The summed E-state index contributed by atoms with van der Waals surface area (Å²) >= 11 is 0. The number of aromatic nitrogens is 1. The third-order valence-electron chi connectivity index (χ3n) is 5.18. The van der Waals surface area contributed by atoms with Gasteiger partial charge in [0.25, 0.3) is 0 Å². The smallest absolute Gasteiger partial charge is 0.118 e. The van der Waals surface area contributed by atoms with Crippen LogP contribution in [0, 0.1) is 0 Å². The van der Waals surface area contributed by atoms with E-state index in [1.165, 1.54) is 6.42 Å². The van der Waals surface area contributed by atoms with Gasteiger partial charge in [-0.1, -0.05) is 24.6 Å². The highest BCUT2D eigenvalue weighted by Gasteiger charge is 2.25. The standard InChI is InChI=1S/C22H24N2O2.2ClH/c1-26-16-11-9-15(10-12-16)21-14-18(17-6-2-3-7-19(17)24-21)22(25)20-8-4-5-13-23-20;;/h2-3,6-7,9-12,14,20,22-23,25H,4-5,8,13H2,1H3;2*1H. The van der Waals surface area contributed by atoms with Crippen molar-refractivity contribution in [1.29, 1.82) is 0 Å². The van der Waals surface area contributed by atoms with E-state index in [-0.39, 0.29) is 30.9 Å². The first kappa shape index (κ1) is 22.4. The molecule has 0 saturated carbocycles. The van der Waals surface area contributed by atoms with Gasteiger partial charge in [0.1, 0.15) is 5.75 Å². The molecule has 0 aliphatic carbocycles. The largest absolute Gasteiger partial charge is 0.497 e. The zero-order valence-electron chi connectivity index (χ0n) is 15.8. The molecule has 1 fully saturated rings. The second-order valence-electron chi connectivity index (χ2n) is 6.84. The number of pyridine rings is 1. The summed E-state index contributed by atoms with van der Waals surface area (Å²) in [6.45, 7) is 0.968. The van der Waals surface area contributed by atoms with E-state index in [0.29, 0.717) is 0 Å². The lowest BCUT2D eigenvalue weighted by atomic mass is 9.92. The number of ether oxygens (including phenoxy) is 1. The number of halogens is 2. The lowest BCUT2D eigenvalue weighted by Crippen LogP contribution is -2.38. The summed E-state index contributed by atoms with van der Waals surface area (Å²) in [5.41, 5.74) is 3.74.